The third-order valence-electron chi connectivity index (χ3n) is 5.17. The number of nitrogens with zero attached hydrogens (tertiary/aromatic N) is 1. The Bertz CT molecular complexity index is 1220. The lowest BCUT2D eigenvalue weighted by molar-refractivity contribution is 0.497. The Kier molecular flexibility index (Phi) is 5.82. The number of fused-ring (bicyclic) bond motifs is 2. The van der Waals surface area contributed by atoms with Gasteiger partial charge in [-0.1, -0.05) is 63.2 Å². The quantitative estimate of drug-likeness (QED) is 0.196. The van der Waals surface area contributed by atoms with Gasteiger partial charge in [0, 0.05) is 16.3 Å². The summed E-state index contributed by atoms with van der Waals surface area (Å²) in [7, 11) is -1.33. The van der Waals surface area contributed by atoms with E-state index in [4.69, 9.17) is 26.4 Å². The summed E-state index contributed by atoms with van der Waals surface area (Å²) >= 11 is 5.84. The van der Waals surface area contributed by atoms with Crippen LogP contribution in [-0.4, -0.2) is 19.1 Å². The van der Waals surface area contributed by atoms with E-state index in [0.29, 0.717) is 10.8 Å². The van der Waals surface area contributed by atoms with E-state index in [1.807, 2.05) is 54.6 Å². The Morgan fingerprint density at radius 2 is 1.42 bits per heavy atom. The molecule has 0 aliphatic carbocycles. The summed E-state index contributed by atoms with van der Waals surface area (Å²) in [6, 6.07) is 22.2. The van der Waals surface area contributed by atoms with Gasteiger partial charge in [-0.3, -0.25) is 0 Å². The summed E-state index contributed by atoms with van der Waals surface area (Å²) in [5, 5.41) is 2.39. The standard InChI is InChI=1S/C26H27NO2SSi/c1-26(2,3)17-14-15-22(23(16-17)29-31(4)5)28-25(30)24-18-10-6-8-12-20(18)27-21-13-9-7-11-19(21)24/h6-16,31H,1-5H3. The molecule has 0 bridgehead atoms. The van der Waals surface area contributed by atoms with Crippen LogP contribution in [0, 0.1) is 0 Å². The van der Waals surface area contributed by atoms with Gasteiger partial charge in [0.1, 0.15) is 5.75 Å². The second-order valence-corrected chi connectivity index (χ2v) is 11.7. The molecule has 3 nitrogen and oxygen atoms in total. The predicted octanol–water partition coefficient (Wildman–Crippen LogP) is 6.80. The van der Waals surface area contributed by atoms with Gasteiger partial charge in [0.25, 0.3) is 0 Å². The maximum atomic E-state index is 6.32. The van der Waals surface area contributed by atoms with Crippen LogP contribution in [0.2, 0.25) is 13.1 Å². The topological polar surface area (TPSA) is 31.4 Å². The first-order valence-corrected chi connectivity index (χ1v) is 13.7. The second-order valence-electron chi connectivity index (χ2n) is 8.99. The predicted molar refractivity (Wildman–Crippen MR) is 136 cm³/mol. The van der Waals surface area contributed by atoms with Crippen molar-refractivity contribution in [2.45, 2.75) is 39.3 Å². The van der Waals surface area contributed by atoms with Crippen molar-refractivity contribution in [3.63, 3.8) is 0 Å². The third kappa shape index (κ3) is 4.48. The highest BCUT2D eigenvalue weighted by Gasteiger charge is 2.20. The molecule has 0 saturated carbocycles. The van der Waals surface area contributed by atoms with E-state index in [1.54, 1.807) is 0 Å². The van der Waals surface area contributed by atoms with Gasteiger partial charge in [-0.05, 0) is 60.6 Å². The van der Waals surface area contributed by atoms with Crippen LogP contribution in [0.3, 0.4) is 0 Å². The maximum Gasteiger partial charge on any atom is 0.229 e. The number of para-hydroxylation sites is 2. The average Bonchev–Trinajstić information content (AvgIpc) is 2.72. The van der Waals surface area contributed by atoms with E-state index < -0.39 is 9.04 Å². The van der Waals surface area contributed by atoms with E-state index in [2.05, 4.69) is 46.0 Å². The molecule has 1 aromatic heterocycles. The zero-order chi connectivity index (χ0) is 22.2. The van der Waals surface area contributed by atoms with Crippen molar-refractivity contribution in [3.05, 3.63) is 77.9 Å². The number of ether oxygens (including phenoxy) is 1. The summed E-state index contributed by atoms with van der Waals surface area (Å²) in [6.07, 6.45) is 0. The summed E-state index contributed by atoms with van der Waals surface area (Å²) < 4.78 is 12.6. The van der Waals surface area contributed by atoms with Gasteiger partial charge in [0.05, 0.1) is 11.0 Å². The van der Waals surface area contributed by atoms with Crippen molar-refractivity contribution in [3.8, 4) is 11.5 Å². The smallest absolute Gasteiger partial charge is 0.229 e. The third-order valence-corrected chi connectivity index (χ3v) is 6.18. The lowest BCUT2D eigenvalue weighted by Crippen LogP contribution is -2.16. The highest BCUT2D eigenvalue weighted by atomic mass is 32.1. The Hall–Kier alpha value is -2.76. The van der Waals surface area contributed by atoms with Crippen LogP contribution in [0.15, 0.2) is 66.7 Å². The van der Waals surface area contributed by atoms with Crippen LogP contribution >= 0.6 is 12.2 Å². The normalized spacial score (nSPS) is 11.8. The maximum absolute atomic E-state index is 6.32. The molecule has 0 N–H and O–H groups in total. The Morgan fingerprint density at radius 1 is 0.839 bits per heavy atom. The van der Waals surface area contributed by atoms with Crippen molar-refractivity contribution < 1.29 is 9.16 Å². The fourth-order valence-corrected chi connectivity index (χ4v) is 4.62. The lowest BCUT2D eigenvalue weighted by atomic mass is 9.87. The number of hydrogen-bond acceptors (Lipinski definition) is 4. The molecule has 4 rings (SSSR count). The van der Waals surface area contributed by atoms with Gasteiger partial charge in [0.2, 0.25) is 9.04 Å². The summed E-state index contributed by atoms with van der Waals surface area (Å²) in [6.45, 7) is 10.9. The van der Waals surface area contributed by atoms with E-state index in [0.717, 1.165) is 33.1 Å². The molecule has 0 saturated heterocycles. The summed E-state index contributed by atoms with van der Waals surface area (Å²) in [5.74, 6) is 1.42. The van der Waals surface area contributed by atoms with Crippen LogP contribution in [0.25, 0.3) is 21.8 Å². The van der Waals surface area contributed by atoms with Gasteiger partial charge >= 0.3 is 0 Å². The zero-order valence-corrected chi connectivity index (χ0v) is 20.6. The highest BCUT2D eigenvalue weighted by Crippen LogP contribution is 2.35. The number of aromatic nitrogens is 1. The molecule has 31 heavy (non-hydrogen) atoms. The number of thiocarbonyl (C=S) groups is 1. The van der Waals surface area contributed by atoms with Crippen molar-refractivity contribution in [2.24, 2.45) is 0 Å². The molecule has 0 atom stereocenters. The van der Waals surface area contributed by atoms with Crippen LogP contribution in [0.4, 0.5) is 0 Å². The molecule has 4 aromatic rings. The first kappa shape index (κ1) is 21.5. The first-order chi connectivity index (χ1) is 14.7. The van der Waals surface area contributed by atoms with E-state index >= 15 is 0 Å². The molecule has 1 heterocycles. The lowest BCUT2D eigenvalue weighted by Gasteiger charge is -2.23. The molecule has 5 heteroatoms. The summed E-state index contributed by atoms with van der Waals surface area (Å²) in [4.78, 5) is 4.79. The van der Waals surface area contributed by atoms with Crippen LogP contribution in [0.1, 0.15) is 31.9 Å². The highest BCUT2D eigenvalue weighted by molar-refractivity contribution is 7.80. The zero-order valence-electron chi connectivity index (χ0n) is 18.6. The minimum atomic E-state index is -1.33. The molecule has 0 unspecified atom stereocenters. The van der Waals surface area contributed by atoms with Gasteiger partial charge in [-0.15, -0.1) is 0 Å². The van der Waals surface area contributed by atoms with Gasteiger partial charge in [0.15, 0.2) is 10.8 Å². The molecule has 0 amide bonds. The van der Waals surface area contributed by atoms with Gasteiger partial charge < -0.3 is 9.16 Å². The van der Waals surface area contributed by atoms with E-state index in [1.165, 1.54) is 5.56 Å². The molecular formula is C26H27NO2SSi. The van der Waals surface area contributed by atoms with Crippen molar-refractivity contribution >= 4 is 48.1 Å². The van der Waals surface area contributed by atoms with Crippen molar-refractivity contribution in [1.82, 2.24) is 4.98 Å². The fraction of sp³-hybridized carbons (Fsp3) is 0.231. The largest absolute Gasteiger partial charge is 0.544 e. The SMILES string of the molecule is C[SiH](C)Oc1cc(C(C)(C)C)ccc1OC(=S)c1c2ccccc2nc2ccccc12. The molecule has 3 aromatic carbocycles. The minimum Gasteiger partial charge on any atom is -0.544 e. The monoisotopic (exact) mass is 445 g/mol. The molecule has 0 aliphatic heterocycles. The minimum absolute atomic E-state index is 0.0210. The number of benzene rings is 3. The Labute approximate surface area is 190 Å². The first-order valence-electron chi connectivity index (χ1n) is 10.5. The second kappa shape index (κ2) is 8.40. The van der Waals surface area contributed by atoms with E-state index in [9.17, 15) is 0 Å². The van der Waals surface area contributed by atoms with Crippen molar-refractivity contribution in [2.75, 3.05) is 0 Å². The Balaban J connectivity index is 1.82. The number of pyridine rings is 1. The fourth-order valence-electron chi connectivity index (χ4n) is 3.62. The molecule has 0 aliphatic rings. The van der Waals surface area contributed by atoms with Crippen LogP contribution in [0.5, 0.6) is 11.5 Å². The molecule has 0 radical (unpaired) electrons. The Morgan fingerprint density at radius 3 is 1.97 bits per heavy atom. The van der Waals surface area contributed by atoms with E-state index in [-0.39, 0.29) is 5.41 Å². The molecule has 158 valence electrons. The van der Waals surface area contributed by atoms with Gasteiger partial charge in [-0.25, -0.2) is 4.98 Å². The van der Waals surface area contributed by atoms with Crippen molar-refractivity contribution in [1.29, 1.82) is 0 Å². The number of rotatable bonds is 4. The average molecular weight is 446 g/mol. The molecule has 0 fully saturated rings. The number of hydrogen-bond donors (Lipinski definition) is 0. The molecular weight excluding hydrogens is 418 g/mol. The van der Waals surface area contributed by atoms with Crippen LogP contribution in [-0.2, 0) is 5.41 Å². The van der Waals surface area contributed by atoms with Crippen LogP contribution < -0.4 is 9.16 Å². The van der Waals surface area contributed by atoms with Gasteiger partial charge in [-0.2, -0.15) is 0 Å². The molecule has 0 spiro atoms. The summed E-state index contributed by atoms with van der Waals surface area (Å²) in [5.41, 5.74) is 3.92.